The molecule has 0 saturated carbocycles. The number of anilines is 1. The molecule has 0 unspecified atom stereocenters. The maximum atomic E-state index is 5.39. The van der Waals surface area contributed by atoms with Crippen LogP contribution in [0, 0.1) is 0 Å². The quantitative estimate of drug-likeness (QED) is 0.727. The van der Waals surface area contributed by atoms with Crippen molar-refractivity contribution in [2.75, 3.05) is 31.2 Å². The molecule has 0 aliphatic carbocycles. The van der Waals surface area contributed by atoms with Gasteiger partial charge in [0.2, 0.25) is 11.6 Å². The van der Waals surface area contributed by atoms with Gasteiger partial charge in [-0.2, -0.15) is 15.3 Å². The van der Waals surface area contributed by atoms with E-state index in [1.54, 1.807) is 6.20 Å². The van der Waals surface area contributed by atoms with Crippen molar-refractivity contribution in [2.24, 2.45) is 0 Å². The van der Waals surface area contributed by atoms with Crippen LogP contribution in [0.1, 0.15) is 6.42 Å². The van der Waals surface area contributed by atoms with Crippen LogP contribution in [0.25, 0.3) is 11.2 Å². The number of hydrogen-bond acceptors (Lipinski definition) is 6. The molecular weight excluding hydrogens is 208 g/mol. The topological polar surface area (TPSA) is 79.8 Å². The molecule has 3 rings (SSSR count). The Morgan fingerprint density at radius 2 is 2.25 bits per heavy atom. The Hall–Kier alpha value is -1.76. The molecule has 7 heteroatoms. The predicted molar refractivity (Wildman–Crippen MR) is 57.1 cm³/mol. The zero-order valence-corrected chi connectivity index (χ0v) is 8.76. The van der Waals surface area contributed by atoms with Crippen molar-refractivity contribution in [1.29, 1.82) is 0 Å². The van der Waals surface area contributed by atoms with Gasteiger partial charge in [0.05, 0.1) is 12.8 Å². The van der Waals surface area contributed by atoms with E-state index in [0.29, 0.717) is 17.1 Å². The number of nitrogens with one attached hydrogen (secondary N) is 1. The molecule has 2 aromatic heterocycles. The van der Waals surface area contributed by atoms with Crippen molar-refractivity contribution in [3.05, 3.63) is 6.20 Å². The Labute approximate surface area is 91.8 Å². The lowest BCUT2D eigenvalue weighted by Gasteiger charge is -2.18. The van der Waals surface area contributed by atoms with E-state index in [0.717, 1.165) is 32.7 Å². The number of rotatable bonds is 1. The summed E-state index contributed by atoms with van der Waals surface area (Å²) in [6.07, 6.45) is 2.69. The second-order valence-corrected chi connectivity index (χ2v) is 3.66. The van der Waals surface area contributed by atoms with Crippen molar-refractivity contribution in [3.8, 4) is 0 Å². The Morgan fingerprint density at radius 1 is 1.25 bits per heavy atom. The van der Waals surface area contributed by atoms with Gasteiger partial charge in [-0.05, 0) is 6.42 Å². The molecule has 1 aliphatic rings. The summed E-state index contributed by atoms with van der Waals surface area (Å²) in [5, 5.41) is 10.4. The van der Waals surface area contributed by atoms with Crippen molar-refractivity contribution >= 4 is 17.1 Å². The lowest BCUT2D eigenvalue weighted by Crippen LogP contribution is -2.27. The normalized spacial score (nSPS) is 17.6. The standard InChI is InChI=1S/C9H12N6O/c1-2-15(3-5-16-4-1)9-10-6-7-8(11-9)13-14-12-7/h6H,1-5H2,(H,10,11,12,13,14). The van der Waals surface area contributed by atoms with Gasteiger partial charge in [0.1, 0.15) is 5.52 Å². The third-order valence-corrected chi connectivity index (χ3v) is 2.57. The van der Waals surface area contributed by atoms with Crippen molar-refractivity contribution < 1.29 is 4.74 Å². The summed E-state index contributed by atoms with van der Waals surface area (Å²) in [6.45, 7) is 3.27. The van der Waals surface area contributed by atoms with E-state index in [1.165, 1.54) is 0 Å². The van der Waals surface area contributed by atoms with Gasteiger partial charge in [0, 0.05) is 19.7 Å². The number of aromatic amines is 1. The SMILES string of the molecule is c1nc(N2CCCOCC2)nc2n[nH]nc12. The number of fused-ring (bicyclic) bond motifs is 1. The minimum Gasteiger partial charge on any atom is -0.380 e. The number of nitrogens with zero attached hydrogens (tertiary/aromatic N) is 5. The lowest BCUT2D eigenvalue weighted by molar-refractivity contribution is 0.152. The van der Waals surface area contributed by atoms with Crippen LogP contribution in [0.4, 0.5) is 5.95 Å². The second kappa shape index (κ2) is 4.01. The molecule has 0 bridgehead atoms. The zero-order chi connectivity index (χ0) is 10.8. The van der Waals surface area contributed by atoms with Crippen molar-refractivity contribution in [2.45, 2.75) is 6.42 Å². The van der Waals surface area contributed by atoms with E-state index >= 15 is 0 Å². The summed E-state index contributed by atoms with van der Waals surface area (Å²) < 4.78 is 5.39. The number of H-pyrrole nitrogens is 1. The molecule has 0 radical (unpaired) electrons. The van der Waals surface area contributed by atoms with Crippen LogP contribution < -0.4 is 4.90 Å². The predicted octanol–water partition coefficient (Wildman–Crippen LogP) is -0.0254. The van der Waals surface area contributed by atoms with Crippen LogP contribution in [0.3, 0.4) is 0 Å². The van der Waals surface area contributed by atoms with Gasteiger partial charge >= 0.3 is 0 Å². The molecule has 0 atom stereocenters. The molecule has 3 heterocycles. The highest BCUT2D eigenvalue weighted by atomic mass is 16.5. The first-order chi connectivity index (χ1) is 7.93. The highest BCUT2D eigenvalue weighted by Gasteiger charge is 2.13. The van der Waals surface area contributed by atoms with Gasteiger partial charge < -0.3 is 9.64 Å². The molecule has 2 aromatic rings. The van der Waals surface area contributed by atoms with Crippen LogP contribution in [0.15, 0.2) is 6.20 Å². The van der Waals surface area contributed by atoms with Gasteiger partial charge in [0.15, 0.2) is 0 Å². The second-order valence-electron chi connectivity index (χ2n) is 3.66. The van der Waals surface area contributed by atoms with Crippen LogP contribution in [-0.2, 0) is 4.74 Å². The fourth-order valence-corrected chi connectivity index (χ4v) is 1.74. The molecule has 0 amide bonds. The Bertz CT molecular complexity index is 476. The van der Waals surface area contributed by atoms with Gasteiger partial charge in [0.25, 0.3) is 0 Å². The Morgan fingerprint density at radius 3 is 3.25 bits per heavy atom. The molecule has 1 fully saturated rings. The van der Waals surface area contributed by atoms with E-state index in [9.17, 15) is 0 Å². The first-order valence-electron chi connectivity index (χ1n) is 5.30. The third-order valence-electron chi connectivity index (χ3n) is 2.57. The van der Waals surface area contributed by atoms with Crippen molar-refractivity contribution in [1.82, 2.24) is 25.4 Å². The highest BCUT2D eigenvalue weighted by molar-refractivity contribution is 5.68. The molecule has 84 valence electrons. The molecular formula is C9H12N6O. The highest BCUT2D eigenvalue weighted by Crippen LogP contribution is 2.12. The summed E-state index contributed by atoms with van der Waals surface area (Å²) in [6, 6.07) is 0. The minimum atomic E-state index is 0.607. The average Bonchev–Trinajstić information content (AvgIpc) is 2.61. The van der Waals surface area contributed by atoms with Crippen LogP contribution in [0.2, 0.25) is 0 Å². The third kappa shape index (κ3) is 1.69. The number of hydrogen-bond donors (Lipinski definition) is 1. The molecule has 1 N–H and O–H groups in total. The number of aromatic nitrogens is 5. The lowest BCUT2D eigenvalue weighted by atomic mass is 10.4. The fraction of sp³-hybridized carbons (Fsp3) is 0.556. The average molecular weight is 220 g/mol. The molecule has 1 aliphatic heterocycles. The maximum Gasteiger partial charge on any atom is 0.227 e. The fourth-order valence-electron chi connectivity index (χ4n) is 1.74. The largest absolute Gasteiger partial charge is 0.380 e. The zero-order valence-electron chi connectivity index (χ0n) is 8.76. The summed E-state index contributed by atoms with van der Waals surface area (Å²) in [5.41, 5.74) is 1.30. The van der Waals surface area contributed by atoms with Crippen LogP contribution >= 0.6 is 0 Å². The molecule has 0 aromatic carbocycles. The molecule has 1 saturated heterocycles. The van der Waals surface area contributed by atoms with Gasteiger partial charge in [-0.25, -0.2) is 4.98 Å². The van der Waals surface area contributed by atoms with E-state index < -0.39 is 0 Å². The summed E-state index contributed by atoms with van der Waals surface area (Å²) in [4.78, 5) is 10.7. The van der Waals surface area contributed by atoms with Crippen LogP contribution in [-0.4, -0.2) is 51.7 Å². The van der Waals surface area contributed by atoms with E-state index in [1.807, 2.05) is 0 Å². The van der Waals surface area contributed by atoms with Crippen molar-refractivity contribution in [3.63, 3.8) is 0 Å². The number of ether oxygens (including phenoxy) is 1. The smallest absolute Gasteiger partial charge is 0.227 e. The minimum absolute atomic E-state index is 0.607. The summed E-state index contributed by atoms with van der Waals surface area (Å²) >= 11 is 0. The van der Waals surface area contributed by atoms with Gasteiger partial charge in [-0.1, -0.05) is 0 Å². The van der Waals surface area contributed by atoms with E-state index in [2.05, 4.69) is 30.3 Å². The molecule has 7 nitrogen and oxygen atoms in total. The van der Waals surface area contributed by atoms with Crippen LogP contribution in [0.5, 0.6) is 0 Å². The van der Waals surface area contributed by atoms with E-state index in [-0.39, 0.29) is 0 Å². The van der Waals surface area contributed by atoms with E-state index in [4.69, 9.17) is 4.74 Å². The monoisotopic (exact) mass is 220 g/mol. The summed E-state index contributed by atoms with van der Waals surface area (Å²) in [5.74, 6) is 0.701. The maximum absolute atomic E-state index is 5.39. The van der Waals surface area contributed by atoms with Gasteiger partial charge in [-0.15, -0.1) is 5.10 Å². The Balaban J connectivity index is 1.91. The first-order valence-corrected chi connectivity index (χ1v) is 5.30. The van der Waals surface area contributed by atoms with Gasteiger partial charge in [-0.3, -0.25) is 0 Å². The first kappa shape index (κ1) is 9.46. The molecule has 0 spiro atoms. The summed E-state index contributed by atoms with van der Waals surface area (Å²) in [7, 11) is 0. The molecule has 16 heavy (non-hydrogen) atoms. The Kier molecular flexibility index (Phi) is 2.37.